The molecule has 0 radical (unpaired) electrons. The highest BCUT2D eigenvalue weighted by atomic mass is 16.4. The highest BCUT2D eigenvalue weighted by Gasteiger charge is 2.18. The maximum Gasteiger partial charge on any atom is 0.328 e. The Bertz CT molecular complexity index is 705. The van der Waals surface area contributed by atoms with E-state index in [-0.39, 0.29) is 0 Å². The molecule has 1 aromatic carbocycles. The van der Waals surface area contributed by atoms with Gasteiger partial charge in [0.2, 0.25) is 0 Å². The number of benzene rings is 1. The molecule has 1 aliphatic rings. The lowest BCUT2D eigenvalue weighted by atomic mass is 9.80. The summed E-state index contributed by atoms with van der Waals surface area (Å²) >= 11 is 0. The number of rotatable bonds is 5. The van der Waals surface area contributed by atoms with Crippen LogP contribution >= 0.6 is 0 Å². The third kappa shape index (κ3) is 4.47. The first-order chi connectivity index (χ1) is 11.4. The molecular formula is C22H28O2. The second-order valence-corrected chi connectivity index (χ2v) is 6.79. The fourth-order valence-corrected chi connectivity index (χ4v) is 3.47. The molecule has 1 aromatic rings. The van der Waals surface area contributed by atoms with Crippen molar-refractivity contribution in [2.75, 3.05) is 0 Å². The first-order valence-electron chi connectivity index (χ1n) is 8.84. The lowest BCUT2D eigenvalue weighted by molar-refractivity contribution is -0.131. The number of fused-ring (bicyclic) bond motifs is 1. The molecule has 1 aliphatic carbocycles. The molecular weight excluding hydrogens is 296 g/mol. The van der Waals surface area contributed by atoms with Gasteiger partial charge in [0.25, 0.3) is 0 Å². The van der Waals surface area contributed by atoms with Crippen LogP contribution in [0.4, 0.5) is 0 Å². The van der Waals surface area contributed by atoms with Crippen molar-refractivity contribution >= 4 is 11.5 Å². The van der Waals surface area contributed by atoms with E-state index in [1.807, 2.05) is 12.2 Å². The molecule has 1 unspecified atom stereocenters. The molecule has 0 amide bonds. The van der Waals surface area contributed by atoms with Crippen LogP contribution in [0.15, 0.2) is 42.0 Å². The van der Waals surface area contributed by atoms with E-state index in [1.165, 1.54) is 53.2 Å². The standard InChI is InChI=1S/C22H28O2/c1-5-18-13-21-17(4)10-7-11-19(21)14-20(18)16(3)9-6-8-15(2)12-22(23)24/h6,8-9,12-14,17H,5,7,10-11H2,1-4H3,(H,23,24)/b8-6+,15-12+,16-9-. The molecule has 0 heterocycles. The number of hydrogen-bond acceptors (Lipinski definition) is 1. The monoisotopic (exact) mass is 324 g/mol. The zero-order valence-corrected chi connectivity index (χ0v) is 15.2. The minimum absolute atomic E-state index is 0.668. The van der Waals surface area contributed by atoms with Crippen LogP contribution in [0.3, 0.4) is 0 Å². The fourth-order valence-electron chi connectivity index (χ4n) is 3.47. The normalized spacial score (nSPS) is 18.8. The number of carboxylic acid groups (broad SMARTS) is 1. The first kappa shape index (κ1) is 18.3. The van der Waals surface area contributed by atoms with Crippen molar-refractivity contribution in [1.29, 1.82) is 0 Å². The molecule has 2 rings (SSSR count). The van der Waals surface area contributed by atoms with E-state index >= 15 is 0 Å². The molecule has 1 N–H and O–H groups in total. The van der Waals surface area contributed by atoms with Crippen LogP contribution in [0.25, 0.3) is 5.57 Å². The van der Waals surface area contributed by atoms with Crippen LogP contribution in [0, 0.1) is 0 Å². The van der Waals surface area contributed by atoms with Gasteiger partial charge in [0, 0.05) is 6.08 Å². The summed E-state index contributed by atoms with van der Waals surface area (Å²) in [4.78, 5) is 10.6. The van der Waals surface area contributed by atoms with Gasteiger partial charge in [-0.2, -0.15) is 0 Å². The highest BCUT2D eigenvalue weighted by molar-refractivity contribution is 5.81. The average molecular weight is 324 g/mol. The molecule has 0 bridgehead atoms. The molecule has 0 fully saturated rings. The summed E-state index contributed by atoms with van der Waals surface area (Å²) in [7, 11) is 0. The molecule has 0 saturated carbocycles. The van der Waals surface area contributed by atoms with Crippen LogP contribution in [-0.4, -0.2) is 11.1 Å². The Balaban J connectivity index is 2.31. The smallest absolute Gasteiger partial charge is 0.328 e. The highest BCUT2D eigenvalue weighted by Crippen LogP contribution is 2.35. The van der Waals surface area contributed by atoms with Gasteiger partial charge in [0.1, 0.15) is 0 Å². The first-order valence-corrected chi connectivity index (χ1v) is 8.84. The van der Waals surface area contributed by atoms with E-state index in [0.717, 1.165) is 12.0 Å². The van der Waals surface area contributed by atoms with Crippen molar-refractivity contribution in [3.63, 3.8) is 0 Å². The van der Waals surface area contributed by atoms with E-state index in [4.69, 9.17) is 5.11 Å². The van der Waals surface area contributed by atoms with E-state index in [2.05, 4.69) is 39.0 Å². The molecule has 0 aromatic heterocycles. The Labute approximate surface area is 145 Å². The van der Waals surface area contributed by atoms with Gasteiger partial charge >= 0.3 is 5.97 Å². The van der Waals surface area contributed by atoms with Crippen molar-refractivity contribution in [3.05, 3.63) is 64.3 Å². The van der Waals surface area contributed by atoms with Crippen LogP contribution in [0.2, 0.25) is 0 Å². The lowest BCUT2D eigenvalue weighted by Gasteiger charge is -2.25. The van der Waals surface area contributed by atoms with E-state index < -0.39 is 5.97 Å². The van der Waals surface area contributed by atoms with Gasteiger partial charge < -0.3 is 5.11 Å². The van der Waals surface area contributed by atoms with Crippen molar-refractivity contribution in [2.45, 2.75) is 59.3 Å². The quantitative estimate of drug-likeness (QED) is 0.559. The second-order valence-electron chi connectivity index (χ2n) is 6.79. The van der Waals surface area contributed by atoms with Crippen molar-refractivity contribution in [1.82, 2.24) is 0 Å². The van der Waals surface area contributed by atoms with Gasteiger partial charge in [-0.3, -0.25) is 0 Å². The molecule has 1 atom stereocenters. The van der Waals surface area contributed by atoms with E-state index in [1.54, 1.807) is 6.92 Å². The van der Waals surface area contributed by atoms with Crippen LogP contribution in [-0.2, 0) is 17.6 Å². The van der Waals surface area contributed by atoms with Gasteiger partial charge in [-0.1, -0.05) is 44.2 Å². The maximum atomic E-state index is 10.6. The number of hydrogen-bond donors (Lipinski definition) is 1. The minimum atomic E-state index is -0.907. The molecule has 2 nitrogen and oxygen atoms in total. The number of allylic oxidation sites excluding steroid dienone is 5. The Morgan fingerprint density at radius 3 is 2.75 bits per heavy atom. The number of carboxylic acids is 1. The summed E-state index contributed by atoms with van der Waals surface area (Å²) in [5.41, 5.74) is 7.73. The summed E-state index contributed by atoms with van der Waals surface area (Å²) in [6, 6.07) is 4.79. The van der Waals surface area contributed by atoms with Crippen LogP contribution < -0.4 is 0 Å². The third-order valence-corrected chi connectivity index (χ3v) is 4.84. The predicted molar refractivity (Wildman–Crippen MR) is 101 cm³/mol. The minimum Gasteiger partial charge on any atom is -0.478 e. The topological polar surface area (TPSA) is 37.3 Å². The Hall–Kier alpha value is -2.09. The Morgan fingerprint density at radius 1 is 1.33 bits per heavy atom. The van der Waals surface area contributed by atoms with Gasteiger partial charge in [-0.15, -0.1) is 0 Å². The SMILES string of the molecule is CCc1cc2c(cc1\C(C)=C/C=C/C(C)=C/C(=O)O)CCCC2C. The largest absolute Gasteiger partial charge is 0.478 e. The van der Waals surface area contributed by atoms with Gasteiger partial charge in [0.15, 0.2) is 0 Å². The zero-order valence-electron chi connectivity index (χ0n) is 15.2. The molecule has 128 valence electrons. The molecule has 0 spiro atoms. The van der Waals surface area contributed by atoms with E-state index in [0.29, 0.717) is 5.92 Å². The Kier molecular flexibility index (Phi) is 6.19. The maximum absolute atomic E-state index is 10.6. The van der Waals surface area contributed by atoms with Gasteiger partial charge in [0.05, 0.1) is 0 Å². The molecule has 2 heteroatoms. The Morgan fingerprint density at radius 2 is 2.08 bits per heavy atom. The third-order valence-electron chi connectivity index (χ3n) is 4.84. The van der Waals surface area contributed by atoms with Gasteiger partial charge in [-0.05, 0) is 78.8 Å². The van der Waals surface area contributed by atoms with Crippen molar-refractivity contribution in [3.8, 4) is 0 Å². The average Bonchev–Trinajstić information content (AvgIpc) is 2.53. The molecule has 0 aliphatic heterocycles. The second kappa shape index (κ2) is 8.14. The van der Waals surface area contributed by atoms with Gasteiger partial charge in [-0.25, -0.2) is 4.79 Å². The number of aliphatic carboxylic acids is 1. The van der Waals surface area contributed by atoms with Crippen molar-refractivity contribution < 1.29 is 9.90 Å². The summed E-state index contributed by atoms with van der Waals surface area (Å²) in [6.45, 7) is 8.47. The van der Waals surface area contributed by atoms with E-state index in [9.17, 15) is 4.79 Å². The molecule has 24 heavy (non-hydrogen) atoms. The summed E-state index contributed by atoms with van der Waals surface area (Å²) in [6.07, 6.45) is 11.9. The van der Waals surface area contributed by atoms with Crippen LogP contribution in [0.5, 0.6) is 0 Å². The summed E-state index contributed by atoms with van der Waals surface area (Å²) < 4.78 is 0. The van der Waals surface area contributed by atoms with Crippen molar-refractivity contribution in [2.24, 2.45) is 0 Å². The summed E-state index contributed by atoms with van der Waals surface area (Å²) in [5.74, 6) is -0.240. The summed E-state index contributed by atoms with van der Waals surface area (Å²) in [5, 5.41) is 8.75. The van der Waals surface area contributed by atoms with Crippen LogP contribution in [0.1, 0.15) is 68.7 Å². The zero-order chi connectivity index (χ0) is 17.7. The fraction of sp³-hybridized carbons (Fsp3) is 0.409. The number of carbonyl (C=O) groups is 1. The molecule has 0 saturated heterocycles. The lowest BCUT2D eigenvalue weighted by Crippen LogP contribution is -2.09. The predicted octanol–water partition coefficient (Wildman–Crippen LogP) is 5.68. The number of aryl methyl sites for hydroxylation is 2.